The number of carbonyl (C=O) groups is 1. The largest absolute Gasteiger partial charge is 0.353 e. The van der Waals surface area contributed by atoms with Gasteiger partial charge in [0.15, 0.2) is 0 Å². The van der Waals surface area contributed by atoms with Gasteiger partial charge in [0, 0.05) is 12.5 Å². The van der Waals surface area contributed by atoms with Crippen molar-refractivity contribution in [3.05, 3.63) is 23.8 Å². The molecule has 2 aliphatic carbocycles. The fraction of sp³-hybridized carbons (Fsp3) is 0.722. The zero-order valence-corrected chi connectivity index (χ0v) is 12.7. The Morgan fingerprint density at radius 2 is 1.95 bits per heavy atom. The summed E-state index contributed by atoms with van der Waals surface area (Å²) in [4.78, 5) is 11.8. The summed E-state index contributed by atoms with van der Waals surface area (Å²) in [5.41, 5.74) is 1.49. The van der Waals surface area contributed by atoms with Crippen molar-refractivity contribution in [2.75, 3.05) is 0 Å². The summed E-state index contributed by atoms with van der Waals surface area (Å²) < 4.78 is 0. The number of amides is 1. The molecule has 112 valence electrons. The minimum Gasteiger partial charge on any atom is -0.353 e. The van der Waals surface area contributed by atoms with Gasteiger partial charge in [-0.1, -0.05) is 49.5 Å². The van der Waals surface area contributed by atoms with E-state index in [0.29, 0.717) is 12.5 Å². The van der Waals surface area contributed by atoms with E-state index in [2.05, 4.69) is 23.5 Å². The first kappa shape index (κ1) is 15.3. The third-order valence-electron chi connectivity index (χ3n) is 4.41. The summed E-state index contributed by atoms with van der Waals surface area (Å²) in [5.74, 6) is 0.272. The van der Waals surface area contributed by atoms with Crippen molar-refractivity contribution in [3.8, 4) is 0 Å². The van der Waals surface area contributed by atoms with E-state index in [0.717, 1.165) is 6.42 Å². The van der Waals surface area contributed by atoms with E-state index in [1.807, 2.05) is 0 Å². The van der Waals surface area contributed by atoms with E-state index in [9.17, 15) is 4.79 Å². The van der Waals surface area contributed by atoms with Gasteiger partial charge in [-0.25, -0.2) is 0 Å². The Bertz CT molecular complexity index is 350. The quantitative estimate of drug-likeness (QED) is 0.673. The topological polar surface area (TPSA) is 29.1 Å². The Kier molecular flexibility index (Phi) is 6.90. The number of carbonyl (C=O) groups excluding carboxylic acids is 1. The lowest BCUT2D eigenvalue weighted by molar-refractivity contribution is -0.122. The molecule has 1 N–H and O–H groups in total. The molecule has 2 rings (SSSR count). The van der Waals surface area contributed by atoms with Crippen LogP contribution in [0.5, 0.6) is 0 Å². The molecule has 0 aromatic rings. The van der Waals surface area contributed by atoms with Crippen LogP contribution in [0.3, 0.4) is 0 Å². The average Bonchev–Trinajstić information content (AvgIpc) is 2.49. The maximum absolute atomic E-state index is 11.8. The highest BCUT2D eigenvalue weighted by atomic mass is 16.1. The van der Waals surface area contributed by atoms with Gasteiger partial charge < -0.3 is 5.32 Å². The molecule has 0 unspecified atom stereocenters. The summed E-state index contributed by atoms with van der Waals surface area (Å²) in [5, 5.41) is 3.20. The first-order valence-electron chi connectivity index (χ1n) is 8.49. The first-order chi connectivity index (χ1) is 9.84. The Hall–Kier alpha value is -1.05. The van der Waals surface area contributed by atoms with Crippen LogP contribution in [0.1, 0.15) is 77.0 Å². The molecule has 20 heavy (non-hydrogen) atoms. The van der Waals surface area contributed by atoms with Gasteiger partial charge in [-0.05, 0) is 44.9 Å². The smallest absolute Gasteiger partial charge is 0.220 e. The van der Waals surface area contributed by atoms with E-state index < -0.39 is 0 Å². The Labute approximate surface area is 123 Å². The SMILES string of the molecule is O=C(CCCCCC1=CCCC=C1)NC1CCCCC1. The highest BCUT2D eigenvalue weighted by Crippen LogP contribution is 2.18. The third kappa shape index (κ3) is 5.94. The van der Waals surface area contributed by atoms with Gasteiger partial charge in [0.05, 0.1) is 0 Å². The summed E-state index contributed by atoms with van der Waals surface area (Å²) >= 11 is 0. The molecular weight excluding hydrogens is 246 g/mol. The second-order valence-corrected chi connectivity index (χ2v) is 6.22. The Morgan fingerprint density at radius 1 is 1.10 bits per heavy atom. The summed E-state index contributed by atoms with van der Waals surface area (Å²) in [6.07, 6.45) is 20.9. The number of nitrogens with one attached hydrogen (secondary N) is 1. The number of rotatable bonds is 7. The average molecular weight is 275 g/mol. The molecule has 0 heterocycles. The molecule has 0 aromatic carbocycles. The van der Waals surface area contributed by atoms with Crippen molar-refractivity contribution >= 4 is 5.91 Å². The molecule has 0 saturated heterocycles. The van der Waals surface area contributed by atoms with Crippen molar-refractivity contribution in [3.63, 3.8) is 0 Å². The van der Waals surface area contributed by atoms with E-state index in [4.69, 9.17) is 0 Å². The molecule has 0 spiro atoms. The van der Waals surface area contributed by atoms with Crippen LogP contribution < -0.4 is 5.32 Å². The van der Waals surface area contributed by atoms with Crippen LogP contribution in [0.4, 0.5) is 0 Å². The van der Waals surface area contributed by atoms with Gasteiger partial charge >= 0.3 is 0 Å². The monoisotopic (exact) mass is 275 g/mol. The zero-order valence-electron chi connectivity index (χ0n) is 12.7. The summed E-state index contributed by atoms with van der Waals surface area (Å²) in [6, 6.07) is 0.466. The summed E-state index contributed by atoms with van der Waals surface area (Å²) in [6.45, 7) is 0. The highest BCUT2D eigenvalue weighted by Gasteiger charge is 2.15. The van der Waals surface area contributed by atoms with Gasteiger partial charge in [0.2, 0.25) is 5.91 Å². The van der Waals surface area contributed by atoms with E-state index in [-0.39, 0.29) is 5.91 Å². The lowest BCUT2D eigenvalue weighted by Crippen LogP contribution is -2.35. The normalized spacial score (nSPS) is 19.7. The molecular formula is C18H29NO. The maximum atomic E-state index is 11.8. The van der Waals surface area contributed by atoms with Crippen LogP contribution in [0.2, 0.25) is 0 Å². The van der Waals surface area contributed by atoms with Crippen LogP contribution >= 0.6 is 0 Å². The molecule has 2 nitrogen and oxygen atoms in total. The minimum absolute atomic E-state index is 0.272. The van der Waals surface area contributed by atoms with Crippen molar-refractivity contribution in [2.24, 2.45) is 0 Å². The van der Waals surface area contributed by atoms with Gasteiger partial charge in [0.1, 0.15) is 0 Å². The molecule has 0 aromatic heterocycles. The number of allylic oxidation sites excluding steroid dienone is 4. The molecule has 0 atom stereocenters. The predicted molar refractivity (Wildman–Crippen MR) is 84.6 cm³/mol. The third-order valence-corrected chi connectivity index (χ3v) is 4.41. The standard InChI is InChI=1S/C18H29NO/c20-18(19-17-13-7-3-8-14-17)15-9-2-6-12-16-10-4-1-5-11-16/h4,10-11,17H,1-3,5-9,12-15H2,(H,19,20). The maximum Gasteiger partial charge on any atom is 0.220 e. The molecule has 2 heteroatoms. The number of unbranched alkanes of at least 4 members (excludes halogenated alkanes) is 2. The molecule has 0 aliphatic heterocycles. The lowest BCUT2D eigenvalue weighted by Gasteiger charge is -2.22. The van der Waals surface area contributed by atoms with Crippen LogP contribution in [-0.4, -0.2) is 11.9 Å². The lowest BCUT2D eigenvalue weighted by atomic mass is 9.95. The van der Waals surface area contributed by atoms with Crippen LogP contribution in [-0.2, 0) is 4.79 Å². The fourth-order valence-electron chi connectivity index (χ4n) is 3.19. The van der Waals surface area contributed by atoms with E-state index in [1.165, 1.54) is 69.8 Å². The van der Waals surface area contributed by atoms with Crippen molar-refractivity contribution in [2.45, 2.75) is 83.1 Å². The van der Waals surface area contributed by atoms with Gasteiger partial charge in [-0.15, -0.1) is 0 Å². The molecule has 1 saturated carbocycles. The molecule has 0 bridgehead atoms. The van der Waals surface area contributed by atoms with Gasteiger partial charge in [-0.3, -0.25) is 4.79 Å². The molecule has 0 radical (unpaired) electrons. The first-order valence-corrected chi connectivity index (χ1v) is 8.49. The number of hydrogen-bond donors (Lipinski definition) is 1. The number of hydrogen-bond acceptors (Lipinski definition) is 1. The minimum atomic E-state index is 0.272. The molecule has 1 amide bonds. The highest BCUT2D eigenvalue weighted by molar-refractivity contribution is 5.76. The van der Waals surface area contributed by atoms with E-state index in [1.54, 1.807) is 0 Å². The second kappa shape index (κ2) is 8.99. The fourth-order valence-corrected chi connectivity index (χ4v) is 3.19. The molecule has 1 fully saturated rings. The van der Waals surface area contributed by atoms with Gasteiger partial charge in [0.25, 0.3) is 0 Å². The van der Waals surface area contributed by atoms with Crippen LogP contribution in [0, 0.1) is 0 Å². The van der Waals surface area contributed by atoms with Crippen LogP contribution in [0.25, 0.3) is 0 Å². The van der Waals surface area contributed by atoms with E-state index >= 15 is 0 Å². The molecule has 2 aliphatic rings. The van der Waals surface area contributed by atoms with Crippen LogP contribution in [0.15, 0.2) is 23.8 Å². The Balaban J connectivity index is 1.48. The summed E-state index contributed by atoms with van der Waals surface area (Å²) in [7, 11) is 0. The Morgan fingerprint density at radius 3 is 2.70 bits per heavy atom. The zero-order chi connectivity index (χ0) is 14.0. The predicted octanol–water partition coefficient (Wildman–Crippen LogP) is 4.66. The van der Waals surface area contributed by atoms with Crippen molar-refractivity contribution < 1.29 is 4.79 Å². The van der Waals surface area contributed by atoms with Crippen molar-refractivity contribution in [1.82, 2.24) is 5.32 Å². The van der Waals surface area contributed by atoms with Gasteiger partial charge in [-0.2, -0.15) is 0 Å². The van der Waals surface area contributed by atoms with Crippen molar-refractivity contribution in [1.29, 1.82) is 0 Å². The second-order valence-electron chi connectivity index (χ2n) is 6.22.